The predicted molar refractivity (Wildman–Crippen MR) is 102 cm³/mol. The molecule has 0 spiro atoms. The van der Waals surface area contributed by atoms with Gasteiger partial charge in [-0.05, 0) is 42.4 Å². The van der Waals surface area contributed by atoms with E-state index in [4.69, 9.17) is 4.74 Å². The van der Waals surface area contributed by atoms with Gasteiger partial charge in [-0.2, -0.15) is 0 Å². The van der Waals surface area contributed by atoms with E-state index in [1.165, 1.54) is 0 Å². The van der Waals surface area contributed by atoms with E-state index < -0.39 is 18.1 Å². The number of ether oxygens (including phenoxy) is 1. The van der Waals surface area contributed by atoms with Crippen LogP contribution in [0.15, 0.2) is 48.6 Å². The summed E-state index contributed by atoms with van der Waals surface area (Å²) in [5, 5.41) is 12.1. The second-order valence-electron chi connectivity index (χ2n) is 8.12. The molecule has 5 nitrogen and oxygen atoms in total. The number of hydrogen-bond acceptors (Lipinski definition) is 3. The van der Waals surface area contributed by atoms with Crippen molar-refractivity contribution in [1.82, 2.24) is 5.32 Å². The standard InChI is InChI=1S/C22H27NO4/c24-21(25)20(14-7-1-2-8-14)23-22(26)27-13-19-17-11-5-3-9-15(17)16-10-4-6-12-18(16)19/h3-6,9-12,14-20H,1-2,7-8,13H2,(H,23,26)(H,24,25)/t15?,16?,17?,18?,19?,20-/m0/s1. The number of allylic oxidation sites excluding steroid dienone is 8. The van der Waals surface area contributed by atoms with Crippen LogP contribution < -0.4 is 5.32 Å². The normalized spacial score (nSPS) is 34.9. The van der Waals surface area contributed by atoms with E-state index in [9.17, 15) is 14.7 Å². The van der Waals surface area contributed by atoms with Crippen molar-refractivity contribution >= 4 is 12.1 Å². The fourth-order valence-corrected chi connectivity index (χ4v) is 5.40. The van der Waals surface area contributed by atoms with Crippen molar-refractivity contribution in [1.29, 1.82) is 0 Å². The molecule has 2 N–H and O–H groups in total. The molecule has 0 radical (unpaired) electrons. The third-order valence-electron chi connectivity index (χ3n) is 6.70. The van der Waals surface area contributed by atoms with Crippen molar-refractivity contribution in [3.63, 3.8) is 0 Å². The Morgan fingerprint density at radius 3 is 1.96 bits per heavy atom. The summed E-state index contributed by atoms with van der Waals surface area (Å²) >= 11 is 0. The molecule has 0 aromatic carbocycles. The number of alkyl carbamates (subject to hydrolysis) is 1. The van der Waals surface area contributed by atoms with Crippen LogP contribution in [0.2, 0.25) is 0 Å². The van der Waals surface area contributed by atoms with Gasteiger partial charge in [-0.25, -0.2) is 9.59 Å². The molecule has 0 bridgehead atoms. The number of carboxylic acids is 1. The molecule has 4 aliphatic carbocycles. The summed E-state index contributed by atoms with van der Waals surface area (Å²) in [7, 11) is 0. The highest BCUT2D eigenvalue weighted by atomic mass is 16.5. The zero-order valence-electron chi connectivity index (χ0n) is 15.4. The van der Waals surface area contributed by atoms with E-state index in [0.29, 0.717) is 30.3 Å². The van der Waals surface area contributed by atoms with Crippen LogP contribution in [-0.4, -0.2) is 29.8 Å². The number of carbonyl (C=O) groups excluding carboxylic acids is 1. The molecule has 2 saturated carbocycles. The van der Waals surface area contributed by atoms with E-state index in [1.807, 2.05) is 0 Å². The molecule has 27 heavy (non-hydrogen) atoms. The van der Waals surface area contributed by atoms with Gasteiger partial charge in [-0.1, -0.05) is 61.4 Å². The molecule has 0 aliphatic heterocycles. The SMILES string of the molecule is O=C(N[C@H](C(=O)O)C1CCCC1)OCC1C2C=CC=CC2C2C=CC=CC21. The quantitative estimate of drug-likeness (QED) is 0.775. The van der Waals surface area contributed by atoms with Crippen molar-refractivity contribution in [3.05, 3.63) is 48.6 Å². The van der Waals surface area contributed by atoms with Crippen LogP contribution in [0.3, 0.4) is 0 Å². The van der Waals surface area contributed by atoms with Gasteiger partial charge < -0.3 is 15.2 Å². The minimum atomic E-state index is -0.972. The largest absolute Gasteiger partial charge is 0.480 e. The Hall–Kier alpha value is -2.30. The highest BCUT2D eigenvalue weighted by molar-refractivity contribution is 5.80. The third-order valence-corrected chi connectivity index (χ3v) is 6.70. The van der Waals surface area contributed by atoms with Gasteiger partial charge in [0.25, 0.3) is 0 Å². The van der Waals surface area contributed by atoms with Crippen LogP contribution in [0.25, 0.3) is 0 Å². The summed E-state index contributed by atoms with van der Waals surface area (Å²) in [5.41, 5.74) is 0. The number of carboxylic acid groups (broad SMARTS) is 1. The Kier molecular flexibility index (Phi) is 5.19. The monoisotopic (exact) mass is 369 g/mol. The number of amides is 1. The zero-order chi connectivity index (χ0) is 18.8. The van der Waals surface area contributed by atoms with Gasteiger partial charge in [0.15, 0.2) is 0 Å². The van der Waals surface area contributed by atoms with Crippen molar-refractivity contribution in [3.8, 4) is 0 Å². The van der Waals surface area contributed by atoms with Crippen LogP contribution in [0.1, 0.15) is 25.7 Å². The fraction of sp³-hybridized carbons (Fsp3) is 0.545. The van der Waals surface area contributed by atoms with Crippen LogP contribution in [0, 0.1) is 35.5 Å². The molecule has 1 amide bonds. The summed E-state index contributed by atoms with van der Waals surface area (Å²) in [6.45, 7) is 0.307. The summed E-state index contributed by atoms with van der Waals surface area (Å²) in [5.74, 6) is 0.799. The first kappa shape index (κ1) is 18.1. The molecule has 144 valence electrons. The lowest BCUT2D eigenvalue weighted by Gasteiger charge is -2.25. The maximum Gasteiger partial charge on any atom is 0.407 e. The van der Waals surface area contributed by atoms with Crippen molar-refractivity contribution in [2.24, 2.45) is 35.5 Å². The Morgan fingerprint density at radius 2 is 1.44 bits per heavy atom. The van der Waals surface area contributed by atoms with Gasteiger partial charge in [0, 0.05) is 5.92 Å². The van der Waals surface area contributed by atoms with E-state index in [0.717, 1.165) is 25.7 Å². The molecule has 5 heteroatoms. The Balaban J connectivity index is 1.38. The first-order valence-electron chi connectivity index (χ1n) is 10.0. The maximum atomic E-state index is 12.3. The topological polar surface area (TPSA) is 75.6 Å². The maximum absolute atomic E-state index is 12.3. The smallest absolute Gasteiger partial charge is 0.407 e. The first-order chi connectivity index (χ1) is 13.1. The minimum absolute atomic E-state index is 0.00752. The second kappa shape index (κ2) is 7.75. The van der Waals surface area contributed by atoms with Crippen LogP contribution in [0.4, 0.5) is 4.79 Å². The van der Waals surface area contributed by atoms with Gasteiger partial charge in [0.2, 0.25) is 0 Å². The second-order valence-corrected chi connectivity index (χ2v) is 8.12. The Bertz CT molecular complexity index is 667. The number of rotatable bonds is 5. The first-order valence-corrected chi connectivity index (χ1v) is 10.0. The van der Waals surface area contributed by atoms with Crippen LogP contribution in [0.5, 0.6) is 0 Å². The predicted octanol–water partition coefficient (Wildman–Crippen LogP) is 3.70. The molecule has 2 fully saturated rings. The summed E-state index contributed by atoms with van der Waals surface area (Å²) in [4.78, 5) is 23.9. The van der Waals surface area contributed by atoms with Gasteiger partial charge in [-0.3, -0.25) is 0 Å². The summed E-state index contributed by atoms with van der Waals surface area (Å²) < 4.78 is 5.53. The number of nitrogens with one attached hydrogen (secondary N) is 1. The number of fused-ring (bicyclic) bond motifs is 3. The number of carbonyl (C=O) groups is 2. The lowest BCUT2D eigenvalue weighted by atomic mass is 9.83. The van der Waals surface area contributed by atoms with Crippen LogP contribution in [-0.2, 0) is 9.53 Å². The zero-order valence-corrected chi connectivity index (χ0v) is 15.4. The molecule has 0 aromatic rings. The van der Waals surface area contributed by atoms with Crippen LogP contribution >= 0.6 is 0 Å². The van der Waals surface area contributed by atoms with Crippen molar-refractivity contribution < 1.29 is 19.4 Å². The van der Waals surface area contributed by atoms with Crippen molar-refractivity contribution in [2.75, 3.05) is 6.61 Å². The fourth-order valence-electron chi connectivity index (χ4n) is 5.40. The van der Waals surface area contributed by atoms with E-state index in [1.54, 1.807) is 0 Å². The van der Waals surface area contributed by atoms with E-state index >= 15 is 0 Å². The molecule has 0 heterocycles. The molecular weight excluding hydrogens is 342 g/mol. The minimum Gasteiger partial charge on any atom is -0.480 e. The Labute approximate surface area is 159 Å². The molecule has 0 aromatic heterocycles. The molecular formula is C22H27NO4. The van der Waals surface area contributed by atoms with Crippen molar-refractivity contribution in [2.45, 2.75) is 31.7 Å². The average Bonchev–Trinajstić information content (AvgIpc) is 3.31. The van der Waals surface area contributed by atoms with Gasteiger partial charge >= 0.3 is 12.1 Å². The lowest BCUT2D eigenvalue weighted by Crippen LogP contribution is -2.46. The molecule has 4 rings (SSSR count). The van der Waals surface area contributed by atoms with Gasteiger partial charge in [0.05, 0.1) is 6.61 Å². The average molecular weight is 369 g/mol. The Morgan fingerprint density at radius 1 is 0.926 bits per heavy atom. The van der Waals surface area contributed by atoms with Gasteiger partial charge in [-0.15, -0.1) is 0 Å². The molecule has 4 aliphatic rings. The van der Waals surface area contributed by atoms with E-state index in [2.05, 4.69) is 53.9 Å². The number of hydrogen-bond donors (Lipinski definition) is 2. The third kappa shape index (κ3) is 3.60. The summed E-state index contributed by atoms with van der Waals surface area (Å²) in [6, 6.07) is -0.848. The summed E-state index contributed by atoms with van der Waals surface area (Å²) in [6.07, 6.45) is 20.4. The molecule has 0 saturated heterocycles. The molecule has 4 unspecified atom stereocenters. The highest BCUT2D eigenvalue weighted by Crippen LogP contribution is 2.51. The lowest BCUT2D eigenvalue weighted by molar-refractivity contribution is -0.140. The van der Waals surface area contributed by atoms with E-state index in [-0.39, 0.29) is 11.8 Å². The molecule has 5 atom stereocenters. The number of aliphatic carboxylic acids is 1. The van der Waals surface area contributed by atoms with Gasteiger partial charge in [0.1, 0.15) is 6.04 Å². The highest BCUT2D eigenvalue weighted by Gasteiger charge is 2.47.